The molecule has 0 saturated heterocycles. The van der Waals surface area contributed by atoms with Crippen molar-refractivity contribution < 1.29 is 9.53 Å². The minimum Gasteiger partial charge on any atom is -0.493 e. The van der Waals surface area contributed by atoms with Crippen molar-refractivity contribution in [3.63, 3.8) is 0 Å². The van der Waals surface area contributed by atoms with Crippen molar-refractivity contribution in [1.82, 2.24) is 25.6 Å². The lowest BCUT2D eigenvalue weighted by Crippen LogP contribution is -2.24. The van der Waals surface area contributed by atoms with Crippen molar-refractivity contribution in [2.75, 3.05) is 6.61 Å². The summed E-state index contributed by atoms with van der Waals surface area (Å²) in [6.45, 7) is 2.38. The third kappa shape index (κ3) is 4.50. The zero-order valence-corrected chi connectivity index (χ0v) is 14.2. The number of carbonyl (C=O) groups is 1. The molecule has 0 spiro atoms. The van der Waals surface area contributed by atoms with Crippen LogP contribution in [0.2, 0.25) is 0 Å². The van der Waals surface area contributed by atoms with Crippen molar-refractivity contribution in [2.24, 2.45) is 5.10 Å². The van der Waals surface area contributed by atoms with Crippen molar-refractivity contribution in [3.8, 4) is 17.1 Å². The smallest absolute Gasteiger partial charge is 0.263 e. The van der Waals surface area contributed by atoms with Gasteiger partial charge in [0.05, 0.1) is 12.8 Å². The Morgan fingerprint density at radius 1 is 1.19 bits per heavy atom. The van der Waals surface area contributed by atoms with Gasteiger partial charge in [-0.05, 0) is 24.3 Å². The summed E-state index contributed by atoms with van der Waals surface area (Å²) in [5, 5.41) is 16.0. The third-order valence-corrected chi connectivity index (χ3v) is 3.38. The van der Waals surface area contributed by atoms with E-state index in [0.717, 1.165) is 11.1 Å². The molecule has 1 heterocycles. The van der Waals surface area contributed by atoms with Gasteiger partial charge in [-0.3, -0.25) is 4.79 Å². The molecule has 0 unspecified atom stereocenters. The van der Waals surface area contributed by atoms with Gasteiger partial charge >= 0.3 is 0 Å². The number of hydrogen-bond acceptors (Lipinski definition) is 6. The molecule has 0 saturated carbocycles. The Balaban J connectivity index is 1.57. The number of hydrazone groups is 1. The van der Waals surface area contributed by atoms with E-state index in [2.05, 4.69) is 25.9 Å². The minimum atomic E-state index is -0.354. The summed E-state index contributed by atoms with van der Waals surface area (Å²) < 4.78 is 5.50. The second-order valence-electron chi connectivity index (χ2n) is 5.27. The highest BCUT2D eigenvalue weighted by molar-refractivity contribution is 5.85. The van der Waals surface area contributed by atoms with E-state index in [1.807, 2.05) is 61.5 Å². The molecule has 0 aliphatic heterocycles. The topological polar surface area (TPSA) is 94.3 Å². The quantitative estimate of drug-likeness (QED) is 0.519. The van der Waals surface area contributed by atoms with E-state index in [1.165, 1.54) is 11.0 Å². The number of nitrogens with one attached hydrogen (secondary N) is 1. The normalized spacial score (nSPS) is 10.8. The van der Waals surface area contributed by atoms with Gasteiger partial charge in [0.15, 0.2) is 0 Å². The summed E-state index contributed by atoms with van der Waals surface area (Å²) >= 11 is 0. The van der Waals surface area contributed by atoms with Crippen LogP contribution < -0.4 is 10.2 Å². The highest BCUT2D eigenvalue weighted by atomic mass is 16.5. The number of aromatic nitrogens is 4. The molecule has 3 aromatic rings. The summed E-state index contributed by atoms with van der Waals surface area (Å²) in [6, 6.07) is 16.9. The molecule has 8 nitrogen and oxygen atoms in total. The summed E-state index contributed by atoms with van der Waals surface area (Å²) in [5.74, 6) is 0.818. The Kier molecular flexibility index (Phi) is 5.66. The zero-order valence-electron chi connectivity index (χ0n) is 14.2. The predicted molar refractivity (Wildman–Crippen MR) is 96.6 cm³/mol. The second-order valence-corrected chi connectivity index (χ2v) is 5.27. The molecule has 0 aliphatic carbocycles. The monoisotopic (exact) mass is 350 g/mol. The molecule has 1 amide bonds. The fourth-order valence-electron chi connectivity index (χ4n) is 2.22. The van der Waals surface area contributed by atoms with Gasteiger partial charge in [0.25, 0.3) is 5.91 Å². The SMILES string of the molecule is CCOc1ccccc1/C=N\NC(=O)Cn1nnc(-c2ccccc2)n1. The molecule has 3 rings (SSSR count). The Labute approximate surface area is 150 Å². The Morgan fingerprint density at radius 3 is 2.77 bits per heavy atom. The van der Waals surface area contributed by atoms with E-state index >= 15 is 0 Å². The molecule has 0 atom stereocenters. The fourth-order valence-corrected chi connectivity index (χ4v) is 2.22. The maximum atomic E-state index is 12.0. The van der Waals surface area contributed by atoms with Gasteiger partial charge in [0, 0.05) is 11.1 Å². The van der Waals surface area contributed by atoms with Crippen LogP contribution in [0.15, 0.2) is 59.7 Å². The van der Waals surface area contributed by atoms with Crippen LogP contribution in [0.25, 0.3) is 11.4 Å². The van der Waals surface area contributed by atoms with E-state index in [4.69, 9.17) is 4.74 Å². The fraction of sp³-hybridized carbons (Fsp3) is 0.167. The largest absolute Gasteiger partial charge is 0.493 e. The van der Waals surface area contributed by atoms with Crippen LogP contribution in [-0.2, 0) is 11.3 Å². The van der Waals surface area contributed by atoms with Gasteiger partial charge in [0.1, 0.15) is 12.3 Å². The molecule has 0 fully saturated rings. The van der Waals surface area contributed by atoms with Gasteiger partial charge in [-0.2, -0.15) is 9.90 Å². The zero-order chi connectivity index (χ0) is 18.2. The predicted octanol–water partition coefficient (Wildman–Crippen LogP) is 1.89. The molecule has 26 heavy (non-hydrogen) atoms. The molecule has 2 aromatic carbocycles. The summed E-state index contributed by atoms with van der Waals surface area (Å²) in [6.07, 6.45) is 1.53. The molecule has 1 N–H and O–H groups in total. The first-order valence-corrected chi connectivity index (χ1v) is 8.13. The van der Waals surface area contributed by atoms with Crippen LogP contribution in [0.1, 0.15) is 12.5 Å². The second kappa shape index (κ2) is 8.52. The third-order valence-electron chi connectivity index (χ3n) is 3.38. The van der Waals surface area contributed by atoms with Crippen molar-refractivity contribution in [3.05, 3.63) is 60.2 Å². The van der Waals surface area contributed by atoms with E-state index in [9.17, 15) is 4.79 Å². The van der Waals surface area contributed by atoms with Crippen LogP contribution in [0.3, 0.4) is 0 Å². The molecular formula is C18H18N6O2. The maximum Gasteiger partial charge on any atom is 0.263 e. The number of ether oxygens (including phenoxy) is 1. The number of tetrazole rings is 1. The number of nitrogens with zero attached hydrogens (tertiary/aromatic N) is 5. The Hall–Kier alpha value is -3.55. The van der Waals surface area contributed by atoms with E-state index in [-0.39, 0.29) is 12.5 Å². The molecule has 0 bridgehead atoms. The first-order valence-electron chi connectivity index (χ1n) is 8.13. The van der Waals surface area contributed by atoms with Crippen molar-refractivity contribution >= 4 is 12.1 Å². The van der Waals surface area contributed by atoms with Crippen molar-refractivity contribution in [2.45, 2.75) is 13.5 Å². The number of carbonyl (C=O) groups excluding carboxylic acids is 1. The lowest BCUT2D eigenvalue weighted by atomic mass is 10.2. The van der Waals surface area contributed by atoms with Crippen LogP contribution in [-0.4, -0.2) is 38.9 Å². The standard InChI is InChI=1S/C18H18N6O2/c1-2-26-16-11-7-6-10-15(16)12-19-20-17(25)13-24-22-18(21-23-24)14-8-4-3-5-9-14/h3-12H,2,13H2,1H3,(H,20,25)/b19-12-. The number of benzene rings is 2. The van der Waals surface area contributed by atoms with Gasteiger partial charge in [-0.1, -0.05) is 42.5 Å². The lowest BCUT2D eigenvalue weighted by Gasteiger charge is -2.05. The number of rotatable bonds is 7. The van der Waals surface area contributed by atoms with Crippen LogP contribution in [0.4, 0.5) is 0 Å². The molecule has 132 valence electrons. The van der Waals surface area contributed by atoms with Crippen LogP contribution >= 0.6 is 0 Å². The number of hydrogen-bond donors (Lipinski definition) is 1. The van der Waals surface area contributed by atoms with E-state index in [0.29, 0.717) is 18.2 Å². The molecule has 1 aromatic heterocycles. The lowest BCUT2D eigenvalue weighted by molar-refractivity contribution is -0.122. The molecule has 8 heteroatoms. The average Bonchev–Trinajstić information content (AvgIpc) is 3.12. The highest BCUT2D eigenvalue weighted by Crippen LogP contribution is 2.15. The summed E-state index contributed by atoms with van der Waals surface area (Å²) in [4.78, 5) is 13.2. The first-order chi connectivity index (χ1) is 12.8. The summed E-state index contributed by atoms with van der Waals surface area (Å²) in [7, 11) is 0. The average molecular weight is 350 g/mol. The first kappa shape index (κ1) is 17.3. The molecule has 0 radical (unpaired) electrons. The Bertz CT molecular complexity index is 891. The molecular weight excluding hydrogens is 332 g/mol. The van der Waals surface area contributed by atoms with Gasteiger partial charge < -0.3 is 4.74 Å². The van der Waals surface area contributed by atoms with Gasteiger partial charge in [-0.15, -0.1) is 10.2 Å². The van der Waals surface area contributed by atoms with Crippen LogP contribution in [0.5, 0.6) is 5.75 Å². The van der Waals surface area contributed by atoms with Gasteiger partial charge in [0.2, 0.25) is 5.82 Å². The summed E-state index contributed by atoms with van der Waals surface area (Å²) in [5.41, 5.74) is 4.06. The minimum absolute atomic E-state index is 0.0791. The van der Waals surface area contributed by atoms with E-state index < -0.39 is 0 Å². The number of para-hydroxylation sites is 1. The van der Waals surface area contributed by atoms with E-state index in [1.54, 1.807) is 0 Å². The number of amides is 1. The van der Waals surface area contributed by atoms with Gasteiger partial charge in [-0.25, -0.2) is 5.43 Å². The van der Waals surface area contributed by atoms with Crippen LogP contribution in [0, 0.1) is 0 Å². The maximum absolute atomic E-state index is 12.0. The highest BCUT2D eigenvalue weighted by Gasteiger charge is 2.08. The van der Waals surface area contributed by atoms with Crippen molar-refractivity contribution in [1.29, 1.82) is 0 Å². The molecule has 0 aliphatic rings. The Morgan fingerprint density at radius 2 is 1.96 bits per heavy atom.